The lowest BCUT2D eigenvalue weighted by Crippen LogP contribution is -2.33. The maximum absolute atomic E-state index is 13.6. The van der Waals surface area contributed by atoms with Gasteiger partial charge in [-0.05, 0) is 62.2 Å². The van der Waals surface area contributed by atoms with Gasteiger partial charge in [-0.3, -0.25) is 14.0 Å². The topological polar surface area (TPSA) is 108 Å². The Balaban J connectivity index is 1.93. The molecule has 37 heavy (non-hydrogen) atoms. The van der Waals surface area contributed by atoms with Crippen molar-refractivity contribution in [2.45, 2.75) is 27.3 Å². The van der Waals surface area contributed by atoms with Gasteiger partial charge in [-0.25, -0.2) is 9.78 Å². The molecule has 186 valence electrons. The molecule has 1 amide bonds. The Morgan fingerprint density at radius 3 is 2.51 bits per heavy atom. The first kappa shape index (κ1) is 23.9. The number of rotatable bonds is 5. The number of hydrogen-bond donors (Lipinski definition) is 0. The Bertz CT molecular complexity index is 1800. The van der Waals surface area contributed by atoms with E-state index < -0.39 is 11.9 Å². The molecule has 5 rings (SSSR count). The molecule has 1 aromatic carbocycles. The van der Waals surface area contributed by atoms with Gasteiger partial charge in [-0.15, -0.1) is 0 Å². The smallest absolute Gasteiger partial charge is 0.341 e. The van der Waals surface area contributed by atoms with Gasteiger partial charge in [-0.2, -0.15) is 4.99 Å². The third-order valence-corrected chi connectivity index (χ3v) is 6.08. The molecule has 0 saturated heterocycles. The van der Waals surface area contributed by atoms with Gasteiger partial charge < -0.3 is 13.7 Å². The van der Waals surface area contributed by atoms with Crippen molar-refractivity contribution < 1.29 is 18.7 Å². The average Bonchev–Trinajstić information content (AvgIpc) is 3.40. The highest BCUT2D eigenvalue weighted by Crippen LogP contribution is 2.16. The number of benzene rings is 1. The van der Waals surface area contributed by atoms with Crippen molar-refractivity contribution in [3.8, 4) is 0 Å². The van der Waals surface area contributed by atoms with Crippen LogP contribution in [0.15, 0.2) is 81.3 Å². The van der Waals surface area contributed by atoms with Crippen LogP contribution in [0.2, 0.25) is 0 Å². The summed E-state index contributed by atoms with van der Waals surface area (Å²) in [6.07, 6.45) is 3.14. The van der Waals surface area contributed by atoms with Crippen LogP contribution in [-0.4, -0.2) is 32.4 Å². The summed E-state index contributed by atoms with van der Waals surface area (Å²) in [6.45, 7) is 5.52. The minimum Gasteiger partial charge on any atom is -0.467 e. The third-order valence-electron chi connectivity index (χ3n) is 6.08. The number of amides is 1. The van der Waals surface area contributed by atoms with Crippen molar-refractivity contribution >= 4 is 28.6 Å². The lowest BCUT2D eigenvalue weighted by molar-refractivity contribution is 0.0523. The molecule has 4 heterocycles. The molecule has 0 N–H and O–H groups in total. The van der Waals surface area contributed by atoms with Crippen LogP contribution < -0.4 is 11.0 Å². The zero-order valence-electron chi connectivity index (χ0n) is 20.6. The largest absolute Gasteiger partial charge is 0.467 e. The lowest BCUT2D eigenvalue weighted by Gasteiger charge is -2.15. The summed E-state index contributed by atoms with van der Waals surface area (Å²) in [5, 5.41) is 0.181. The van der Waals surface area contributed by atoms with E-state index in [2.05, 4.69) is 4.99 Å². The molecule has 0 aliphatic heterocycles. The third kappa shape index (κ3) is 4.35. The summed E-state index contributed by atoms with van der Waals surface area (Å²) in [5.41, 5.74) is 2.28. The molecule has 9 heteroatoms. The quantitative estimate of drug-likeness (QED) is 0.270. The molecule has 9 nitrogen and oxygen atoms in total. The van der Waals surface area contributed by atoms with Crippen LogP contribution in [0.4, 0.5) is 0 Å². The van der Waals surface area contributed by atoms with E-state index in [0.29, 0.717) is 17.0 Å². The number of aryl methyl sites for hydroxylation is 2. The summed E-state index contributed by atoms with van der Waals surface area (Å²) < 4.78 is 13.8. The van der Waals surface area contributed by atoms with Crippen molar-refractivity contribution in [2.75, 3.05) is 6.61 Å². The molecule has 0 bridgehead atoms. The number of carbonyl (C=O) groups is 2. The Morgan fingerprint density at radius 2 is 1.78 bits per heavy atom. The van der Waals surface area contributed by atoms with Gasteiger partial charge in [0.25, 0.3) is 11.5 Å². The van der Waals surface area contributed by atoms with Gasteiger partial charge in [0.15, 0.2) is 5.49 Å². The highest BCUT2D eigenvalue weighted by atomic mass is 16.5. The summed E-state index contributed by atoms with van der Waals surface area (Å²) in [5.74, 6) is -0.716. The highest BCUT2D eigenvalue weighted by molar-refractivity contribution is 5.98. The number of hydrogen-bond acceptors (Lipinski definition) is 6. The molecule has 0 saturated carbocycles. The monoisotopic (exact) mass is 496 g/mol. The fraction of sp³-hybridized carbons (Fsp3) is 0.179. The number of pyridine rings is 2. The van der Waals surface area contributed by atoms with Crippen molar-refractivity contribution in [1.29, 1.82) is 0 Å². The molecule has 4 aromatic heterocycles. The average molecular weight is 497 g/mol. The van der Waals surface area contributed by atoms with Crippen LogP contribution in [-0.2, 0) is 11.3 Å². The molecule has 5 aromatic rings. The summed E-state index contributed by atoms with van der Waals surface area (Å²) >= 11 is 0. The summed E-state index contributed by atoms with van der Waals surface area (Å²) in [6, 6.07) is 15.5. The van der Waals surface area contributed by atoms with E-state index in [4.69, 9.17) is 14.1 Å². The Kier molecular flexibility index (Phi) is 6.27. The van der Waals surface area contributed by atoms with Crippen molar-refractivity contribution in [3.05, 3.63) is 111 Å². The zero-order valence-corrected chi connectivity index (χ0v) is 20.6. The van der Waals surface area contributed by atoms with E-state index in [-0.39, 0.29) is 40.8 Å². The van der Waals surface area contributed by atoms with Crippen molar-refractivity contribution in [1.82, 2.24) is 14.0 Å². The molecular weight excluding hydrogens is 472 g/mol. The number of ether oxygens (including phenoxy) is 1. The van der Waals surface area contributed by atoms with Crippen LogP contribution in [0, 0.1) is 13.8 Å². The van der Waals surface area contributed by atoms with Gasteiger partial charge >= 0.3 is 5.97 Å². The first-order valence-corrected chi connectivity index (χ1v) is 11.8. The molecule has 0 atom stereocenters. The summed E-state index contributed by atoms with van der Waals surface area (Å²) in [7, 11) is 0. The van der Waals surface area contributed by atoms with Crippen LogP contribution in [0.3, 0.4) is 0 Å². The van der Waals surface area contributed by atoms with Gasteiger partial charge in [0.05, 0.1) is 24.8 Å². The standard InChI is InChI=1S/C28H24N4O5/c1-4-36-28(35)22-15-21-24(29-23-18(3)10-7-13-31(23)27(21)34)32(16-19-11-8-14-37-19)25(22)30-26(33)20-12-6-5-9-17(20)2/h5-15H,4,16H2,1-3H3. The van der Waals surface area contributed by atoms with E-state index in [1.165, 1.54) is 16.7 Å². The number of nitrogens with zero attached hydrogens (tertiary/aromatic N) is 4. The summed E-state index contributed by atoms with van der Waals surface area (Å²) in [4.78, 5) is 49.2. The first-order chi connectivity index (χ1) is 17.9. The predicted molar refractivity (Wildman–Crippen MR) is 137 cm³/mol. The minimum atomic E-state index is -0.706. The number of furan rings is 1. The van der Waals surface area contributed by atoms with E-state index in [1.54, 1.807) is 48.0 Å². The molecule has 0 fully saturated rings. The van der Waals surface area contributed by atoms with Gasteiger partial charge in [0.1, 0.15) is 22.6 Å². The Morgan fingerprint density at radius 1 is 1.00 bits per heavy atom. The number of aromatic nitrogens is 3. The lowest BCUT2D eigenvalue weighted by atomic mass is 10.1. The fourth-order valence-corrected chi connectivity index (χ4v) is 4.24. The second-order valence-corrected chi connectivity index (χ2v) is 8.54. The van der Waals surface area contributed by atoms with Crippen LogP contribution in [0.25, 0.3) is 16.7 Å². The van der Waals surface area contributed by atoms with Gasteiger partial charge in [0.2, 0.25) is 0 Å². The van der Waals surface area contributed by atoms with Crippen molar-refractivity contribution in [2.24, 2.45) is 4.99 Å². The first-order valence-electron chi connectivity index (χ1n) is 11.8. The second kappa shape index (κ2) is 9.69. The highest BCUT2D eigenvalue weighted by Gasteiger charge is 2.21. The van der Waals surface area contributed by atoms with Gasteiger partial charge in [0, 0.05) is 11.8 Å². The molecule has 0 spiro atoms. The minimum absolute atomic E-state index is 0.0191. The van der Waals surface area contributed by atoms with Crippen molar-refractivity contribution in [3.63, 3.8) is 0 Å². The Hall–Kier alpha value is -4.79. The second-order valence-electron chi connectivity index (χ2n) is 8.54. The molecular formula is C28H24N4O5. The zero-order chi connectivity index (χ0) is 26.1. The number of fused-ring (bicyclic) bond motifs is 2. The fourth-order valence-electron chi connectivity index (χ4n) is 4.24. The van der Waals surface area contributed by atoms with Gasteiger partial charge in [-0.1, -0.05) is 24.3 Å². The molecule has 0 radical (unpaired) electrons. The van der Waals surface area contributed by atoms with Crippen LogP contribution >= 0.6 is 0 Å². The Labute approximate surface area is 211 Å². The number of carbonyl (C=O) groups excluding carboxylic acids is 2. The normalized spacial score (nSPS) is 11.8. The van der Waals surface area contributed by atoms with Crippen LogP contribution in [0.5, 0.6) is 0 Å². The maximum Gasteiger partial charge on any atom is 0.341 e. The number of esters is 1. The SMILES string of the molecule is CCOC(=O)c1cc2c(=O)n3cccc(C)c3nc2n(Cc2ccco2)c1=NC(=O)c1ccccc1C. The molecule has 0 aliphatic rings. The van der Waals surface area contributed by atoms with Crippen LogP contribution in [0.1, 0.15) is 44.5 Å². The molecule has 0 unspecified atom stereocenters. The maximum atomic E-state index is 13.6. The molecule has 0 aliphatic carbocycles. The van der Waals surface area contributed by atoms with E-state index in [0.717, 1.165) is 11.1 Å². The van der Waals surface area contributed by atoms with E-state index in [9.17, 15) is 14.4 Å². The predicted octanol–water partition coefficient (Wildman–Crippen LogP) is 3.83. The van der Waals surface area contributed by atoms with E-state index in [1.807, 2.05) is 32.0 Å². The van der Waals surface area contributed by atoms with E-state index >= 15 is 0 Å².